The maximum atomic E-state index is 12.7. The molecule has 0 N–H and O–H groups in total. The number of hydrogen-bond donors (Lipinski definition) is 0. The molecule has 0 aliphatic carbocycles. The van der Waals surface area contributed by atoms with Gasteiger partial charge >= 0.3 is 0 Å². The Morgan fingerprint density at radius 3 is 2.77 bits per heavy atom. The highest BCUT2D eigenvalue weighted by Crippen LogP contribution is 2.56. The molecule has 1 aromatic carbocycles. The van der Waals surface area contributed by atoms with Gasteiger partial charge in [-0.1, -0.05) is 0 Å². The summed E-state index contributed by atoms with van der Waals surface area (Å²) in [5.74, 6) is 1.58. The maximum absolute atomic E-state index is 12.7. The lowest BCUT2D eigenvalue weighted by Gasteiger charge is -2.38. The number of rotatable bonds is 3. The molecule has 3 heterocycles. The van der Waals surface area contributed by atoms with Crippen molar-refractivity contribution < 1.29 is 28.5 Å². The number of methoxy groups -OCH3 is 2. The fourth-order valence-electron chi connectivity index (χ4n) is 4.83. The van der Waals surface area contributed by atoms with E-state index in [2.05, 4.69) is 0 Å². The Balaban J connectivity index is 1.83. The van der Waals surface area contributed by atoms with Crippen molar-refractivity contribution in [2.75, 3.05) is 34.0 Å². The molecule has 6 heteroatoms. The minimum atomic E-state index is -0.903. The van der Waals surface area contributed by atoms with Gasteiger partial charge in [-0.25, -0.2) is 0 Å². The average Bonchev–Trinajstić information content (AvgIpc) is 2.82. The molecule has 142 valence electrons. The average molecular weight is 362 g/mol. The lowest BCUT2D eigenvalue weighted by molar-refractivity contribution is -0.183. The third kappa shape index (κ3) is 2.54. The molecule has 2 saturated heterocycles. The molecule has 3 aliphatic rings. The van der Waals surface area contributed by atoms with Crippen LogP contribution in [0.4, 0.5) is 0 Å². The summed E-state index contributed by atoms with van der Waals surface area (Å²) in [7, 11) is 3.28. The second kappa shape index (κ2) is 6.51. The molecule has 1 aromatic rings. The van der Waals surface area contributed by atoms with E-state index in [1.165, 1.54) is 0 Å². The van der Waals surface area contributed by atoms with Crippen LogP contribution in [0.2, 0.25) is 0 Å². The third-order valence-corrected chi connectivity index (χ3v) is 6.03. The first kappa shape index (κ1) is 17.8. The first-order chi connectivity index (χ1) is 12.5. The van der Waals surface area contributed by atoms with E-state index in [9.17, 15) is 4.79 Å². The van der Waals surface area contributed by atoms with Gasteiger partial charge in [0.2, 0.25) is 0 Å². The Hall–Kier alpha value is -1.63. The standard InChI is InChI=1S/C20H26O6/c1-13(21)20-12-24-6-4-5-15(20)9-19(26-20)11-25-10-14-7-16(22-2)8-17(23-3)18(14)19/h7-8,15H,4-6,9-12H2,1-3H3/t15-,19-,20+/m1/s1. The fraction of sp³-hybridized carbons (Fsp3) is 0.650. The number of carbonyl (C=O) groups excluding carboxylic acids is 1. The smallest absolute Gasteiger partial charge is 0.164 e. The molecule has 0 aromatic heterocycles. The predicted octanol–water partition coefficient (Wildman–Crippen LogP) is 2.60. The zero-order chi connectivity index (χ0) is 18.4. The van der Waals surface area contributed by atoms with Gasteiger partial charge in [0.05, 0.1) is 34.0 Å². The van der Waals surface area contributed by atoms with Crippen LogP contribution in [0, 0.1) is 5.92 Å². The maximum Gasteiger partial charge on any atom is 0.164 e. The summed E-state index contributed by atoms with van der Waals surface area (Å²) in [5.41, 5.74) is 0.381. The highest BCUT2D eigenvalue weighted by molar-refractivity contribution is 5.86. The largest absolute Gasteiger partial charge is 0.497 e. The predicted molar refractivity (Wildman–Crippen MR) is 93.5 cm³/mol. The molecule has 26 heavy (non-hydrogen) atoms. The first-order valence-corrected chi connectivity index (χ1v) is 9.17. The van der Waals surface area contributed by atoms with Crippen molar-refractivity contribution in [1.82, 2.24) is 0 Å². The van der Waals surface area contributed by atoms with Crippen LogP contribution < -0.4 is 9.47 Å². The zero-order valence-electron chi connectivity index (χ0n) is 15.6. The lowest BCUT2D eigenvalue weighted by Crippen LogP contribution is -2.48. The molecule has 0 amide bonds. The topological polar surface area (TPSA) is 63.2 Å². The molecule has 0 radical (unpaired) electrons. The molecule has 1 spiro atoms. The van der Waals surface area contributed by atoms with E-state index < -0.39 is 11.2 Å². The van der Waals surface area contributed by atoms with Crippen LogP contribution in [0.3, 0.4) is 0 Å². The molecule has 0 saturated carbocycles. The van der Waals surface area contributed by atoms with E-state index in [0.717, 1.165) is 41.9 Å². The van der Waals surface area contributed by atoms with Gasteiger partial charge in [-0.15, -0.1) is 0 Å². The summed E-state index contributed by atoms with van der Waals surface area (Å²) in [4.78, 5) is 12.7. The van der Waals surface area contributed by atoms with Crippen molar-refractivity contribution in [1.29, 1.82) is 0 Å². The highest BCUT2D eigenvalue weighted by atomic mass is 16.6. The van der Waals surface area contributed by atoms with E-state index in [1.54, 1.807) is 21.1 Å². The summed E-state index contributed by atoms with van der Waals surface area (Å²) in [6, 6.07) is 3.84. The molecule has 6 nitrogen and oxygen atoms in total. The highest BCUT2D eigenvalue weighted by Gasteiger charge is 2.61. The fourth-order valence-corrected chi connectivity index (χ4v) is 4.83. The monoisotopic (exact) mass is 362 g/mol. The summed E-state index contributed by atoms with van der Waals surface area (Å²) in [6.45, 7) is 3.48. The second-order valence-corrected chi connectivity index (χ2v) is 7.49. The summed E-state index contributed by atoms with van der Waals surface area (Å²) in [5, 5.41) is 0. The van der Waals surface area contributed by atoms with Gasteiger partial charge in [0.15, 0.2) is 11.4 Å². The van der Waals surface area contributed by atoms with E-state index in [0.29, 0.717) is 26.4 Å². The molecule has 0 unspecified atom stereocenters. The summed E-state index contributed by atoms with van der Waals surface area (Å²) < 4.78 is 29.4. The van der Waals surface area contributed by atoms with E-state index in [-0.39, 0.29) is 11.7 Å². The minimum Gasteiger partial charge on any atom is -0.497 e. The number of ether oxygens (including phenoxy) is 5. The van der Waals surface area contributed by atoms with Crippen LogP contribution >= 0.6 is 0 Å². The van der Waals surface area contributed by atoms with Crippen LogP contribution in [0.15, 0.2) is 12.1 Å². The van der Waals surface area contributed by atoms with Gasteiger partial charge in [-0.3, -0.25) is 4.79 Å². The number of hydrogen-bond acceptors (Lipinski definition) is 6. The Bertz CT molecular complexity index is 699. The lowest BCUT2D eigenvalue weighted by atomic mass is 9.77. The number of benzene rings is 1. The quantitative estimate of drug-likeness (QED) is 0.824. The Kier molecular flexibility index (Phi) is 4.45. The second-order valence-electron chi connectivity index (χ2n) is 7.49. The zero-order valence-corrected chi connectivity index (χ0v) is 15.6. The Morgan fingerprint density at radius 1 is 1.19 bits per heavy atom. The molecule has 2 fully saturated rings. The van der Waals surface area contributed by atoms with Gasteiger partial charge in [0, 0.05) is 24.2 Å². The summed E-state index contributed by atoms with van der Waals surface area (Å²) >= 11 is 0. The Morgan fingerprint density at radius 2 is 2.04 bits per heavy atom. The molecule has 3 aliphatic heterocycles. The van der Waals surface area contributed by atoms with E-state index >= 15 is 0 Å². The SMILES string of the molecule is COc1cc2c(c(OC)c1)[C@]1(COC2)C[C@H]2CCCOC[C@@]2(C(C)=O)O1. The van der Waals surface area contributed by atoms with Crippen molar-refractivity contribution in [2.45, 2.75) is 44.0 Å². The summed E-state index contributed by atoms with van der Waals surface area (Å²) in [6.07, 6.45) is 2.58. The van der Waals surface area contributed by atoms with Crippen molar-refractivity contribution in [3.05, 3.63) is 23.3 Å². The molecule has 0 bridgehead atoms. The van der Waals surface area contributed by atoms with Gasteiger partial charge < -0.3 is 23.7 Å². The number of fused-ring (bicyclic) bond motifs is 3. The van der Waals surface area contributed by atoms with Crippen LogP contribution in [0.25, 0.3) is 0 Å². The van der Waals surface area contributed by atoms with Crippen LogP contribution in [-0.2, 0) is 31.2 Å². The number of Topliss-reactive ketones (excluding diaryl/α,β-unsaturated/α-hetero) is 1. The van der Waals surface area contributed by atoms with E-state index in [4.69, 9.17) is 23.7 Å². The normalized spacial score (nSPS) is 33.3. The van der Waals surface area contributed by atoms with E-state index in [1.807, 2.05) is 12.1 Å². The minimum absolute atomic E-state index is 0.0286. The number of carbonyl (C=O) groups is 1. The van der Waals surface area contributed by atoms with Crippen molar-refractivity contribution >= 4 is 5.78 Å². The molecular weight excluding hydrogens is 336 g/mol. The van der Waals surface area contributed by atoms with Gasteiger partial charge in [-0.05, 0) is 37.8 Å². The molecule has 4 rings (SSSR count). The Labute approximate surface area is 153 Å². The van der Waals surface area contributed by atoms with Gasteiger partial charge in [0.25, 0.3) is 0 Å². The third-order valence-electron chi connectivity index (χ3n) is 6.03. The van der Waals surface area contributed by atoms with Crippen LogP contribution in [0.5, 0.6) is 11.5 Å². The van der Waals surface area contributed by atoms with Crippen molar-refractivity contribution in [2.24, 2.45) is 5.92 Å². The van der Waals surface area contributed by atoms with Gasteiger partial charge in [0.1, 0.15) is 17.1 Å². The van der Waals surface area contributed by atoms with Crippen molar-refractivity contribution in [3.63, 3.8) is 0 Å². The first-order valence-electron chi connectivity index (χ1n) is 9.17. The van der Waals surface area contributed by atoms with Crippen molar-refractivity contribution in [3.8, 4) is 11.5 Å². The van der Waals surface area contributed by atoms with Crippen LogP contribution in [0.1, 0.15) is 37.3 Å². The number of ketones is 1. The molecule has 3 atom stereocenters. The van der Waals surface area contributed by atoms with Gasteiger partial charge in [-0.2, -0.15) is 0 Å². The molecular formula is C20H26O6. The van der Waals surface area contributed by atoms with Crippen LogP contribution in [-0.4, -0.2) is 45.4 Å².